The highest BCUT2D eigenvalue weighted by Crippen LogP contribution is 2.28. The number of pyridine rings is 1. The Balaban J connectivity index is 2.16. The number of benzene rings is 2. The molecule has 0 N–H and O–H groups in total. The zero-order valence-corrected chi connectivity index (χ0v) is 21.2. The van der Waals surface area contributed by atoms with Crippen molar-refractivity contribution in [3.63, 3.8) is 0 Å². The Kier molecular flexibility index (Phi) is 7.37. The first-order valence-corrected chi connectivity index (χ1v) is 13.2. The van der Waals surface area contributed by atoms with Gasteiger partial charge in [-0.2, -0.15) is 16.8 Å². The van der Waals surface area contributed by atoms with Crippen molar-refractivity contribution in [2.75, 3.05) is 19.0 Å². The number of anilines is 1. The Labute approximate surface area is 204 Å². The third-order valence-corrected chi connectivity index (χ3v) is 8.02. The largest absolute Gasteiger partial charge is 0.378 e. The van der Waals surface area contributed by atoms with Gasteiger partial charge in [0.25, 0.3) is 26.0 Å². The number of aryl methyl sites for hydroxylation is 1. The second kappa shape index (κ2) is 9.72. The van der Waals surface area contributed by atoms with Crippen molar-refractivity contribution >= 4 is 55.9 Å². The number of sulfonamides is 2. The first-order chi connectivity index (χ1) is 15.4. The van der Waals surface area contributed by atoms with Crippen LogP contribution >= 0.6 is 24.2 Å². The average Bonchev–Trinajstić information content (AvgIpc) is 2.76. The van der Waals surface area contributed by atoms with Crippen LogP contribution < -0.4 is 9.47 Å². The lowest BCUT2D eigenvalue weighted by Gasteiger charge is -2.15. The summed E-state index contributed by atoms with van der Waals surface area (Å²) < 4.78 is 60.8. The standard InChI is InChI=1S/C21H21ClN4O4S3/c1-15-13-20(19(31)14-18(15)22)33(29,30)24-21(26-11-9-16(10-12-26)25(2)3)23-32(27,28)17-7-5-4-6-8-17/h4-14H,1-3H3,(H-,23,24,31). The van der Waals surface area contributed by atoms with E-state index in [2.05, 4.69) is 21.7 Å². The predicted octanol–water partition coefficient (Wildman–Crippen LogP) is 3.65. The van der Waals surface area contributed by atoms with Crippen molar-refractivity contribution in [2.45, 2.75) is 21.6 Å². The van der Waals surface area contributed by atoms with Crippen LogP contribution in [-0.2, 0) is 20.0 Å². The number of hydrogen-bond acceptors (Lipinski definition) is 6. The fraction of sp³-hybridized carbons (Fsp3) is 0.143. The molecule has 0 unspecified atom stereocenters. The van der Waals surface area contributed by atoms with E-state index >= 15 is 0 Å². The summed E-state index contributed by atoms with van der Waals surface area (Å²) in [5, 5.41) is 0.341. The normalized spacial score (nSPS) is 12.5. The minimum absolute atomic E-state index is 0.0765. The van der Waals surface area contributed by atoms with E-state index in [0.717, 1.165) is 5.69 Å². The van der Waals surface area contributed by atoms with Crippen LogP contribution in [0.1, 0.15) is 5.56 Å². The molecule has 0 amide bonds. The molecule has 0 spiro atoms. The van der Waals surface area contributed by atoms with Crippen molar-refractivity contribution in [1.29, 1.82) is 0 Å². The van der Waals surface area contributed by atoms with E-state index in [1.54, 1.807) is 37.3 Å². The number of halogens is 1. The van der Waals surface area contributed by atoms with Gasteiger partial charge in [0, 0.05) is 42.1 Å². The average molecular weight is 525 g/mol. The van der Waals surface area contributed by atoms with E-state index in [-0.39, 0.29) is 14.7 Å². The van der Waals surface area contributed by atoms with Gasteiger partial charge in [0.1, 0.15) is 4.90 Å². The van der Waals surface area contributed by atoms with Gasteiger partial charge in [0.15, 0.2) is 0 Å². The van der Waals surface area contributed by atoms with Crippen molar-refractivity contribution in [1.82, 2.24) is 0 Å². The lowest BCUT2D eigenvalue weighted by Crippen LogP contribution is -2.43. The maximum absolute atomic E-state index is 13.1. The topological polar surface area (TPSA) is 102 Å². The van der Waals surface area contributed by atoms with Crippen LogP contribution in [0.5, 0.6) is 0 Å². The van der Waals surface area contributed by atoms with Crippen molar-refractivity contribution in [3.05, 3.63) is 82.3 Å². The van der Waals surface area contributed by atoms with E-state index in [0.29, 0.717) is 10.6 Å². The van der Waals surface area contributed by atoms with Gasteiger partial charge in [-0.05, 0) is 48.9 Å². The number of hydrogen-bond donors (Lipinski definition) is 1. The van der Waals surface area contributed by atoms with Gasteiger partial charge in [-0.1, -0.05) is 29.8 Å². The molecule has 0 saturated heterocycles. The zero-order chi connectivity index (χ0) is 24.4. The maximum Gasteiger partial charge on any atom is 0.286 e. The van der Waals surface area contributed by atoms with E-state index in [4.69, 9.17) is 11.6 Å². The lowest BCUT2D eigenvalue weighted by molar-refractivity contribution is -0.553. The second-order valence-electron chi connectivity index (χ2n) is 7.17. The zero-order valence-electron chi connectivity index (χ0n) is 17.9. The van der Waals surface area contributed by atoms with Crippen LogP contribution in [0.15, 0.2) is 86.1 Å². The molecule has 0 aliphatic carbocycles. The summed E-state index contributed by atoms with van der Waals surface area (Å²) in [5.41, 5.74) is 1.31. The van der Waals surface area contributed by atoms with Crippen molar-refractivity contribution < 1.29 is 21.4 Å². The predicted molar refractivity (Wildman–Crippen MR) is 131 cm³/mol. The molecule has 0 aliphatic heterocycles. The molecular formula is C21H21ClN4O4S3. The van der Waals surface area contributed by atoms with Gasteiger partial charge in [0.2, 0.25) is 0 Å². The Morgan fingerprint density at radius 3 is 2.21 bits per heavy atom. The van der Waals surface area contributed by atoms with Crippen LogP contribution in [0.25, 0.3) is 4.72 Å². The molecule has 8 nitrogen and oxygen atoms in total. The van der Waals surface area contributed by atoms with Gasteiger partial charge in [0.05, 0.1) is 4.90 Å². The third kappa shape index (κ3) is 5.85. The van der Waals surface area contributed by atoms with Crippen molar-refractivity contribution in [2.24, 2.45) is 4.40 Å². The van der Waals surface area contributed by atoms with Crippen LogP contribution in [0.3, 0.4) is 0 Å². The first kappa shape index (κ1) is 25.0. The summed E-state index contributed by atoms with van der Waals surface area (Å²) in [6, 6.07) is 13.5. The molecular weight excluding hydrogens is 504 g/mol. The summed E-state index contributed by atoms with van der Waals surface area (Å²) in [5.74, 6) is -0.551. The minimum Gasteiger partial charge on any atom is -0.378 e. The smallest absolute Gasteiger partial charge is 0.286 e. The van der Waals surface area contributed by atoms with Gasteiger partial charge in [-0.15, -0.1) is 21.7 Å². The molecule has 1 heterocycles. The Hall–Kier alpha value is -2.60. The van der Waals surface area contributed by atoms with Gasteiger partial charge in [-0.25, -0.2) is 0 Å². The Morgan fingerprint density at radius 2 is 1.64 bits per heavy atom. The fourth-order valence-corrected chi connectivity index (χ4v) is 5.61. The van der Waals surface area contributed by atoms with Gasteiger partial charge < -0.3 is 4.90 Å². The second-order valence-corrected chi connectivity index (χ2v) is 11.2. The quantitative estimate of drug-likeness (QED) is 0.237. The van der Waals surface area contributed by atoms with Crippen LogP contribution in [0, 0.1) is 6.92 Å². The number of aromatic nitrogens is 1. The van der Waals surface area contributed by atoms with E-state index in [9.17, 15) is 16.8 Å². The molecule has 33 heavy (non-hydrogen) atoms. The van der Waals surface area contributed by atoms with Crippen LogP contribution in [-0.4, -0.2) is 36.9 Å². The monoisotopic (exact) mass is 524 g/mol. The molecule has 0 aliphatic rings. The molecule has 174 valence electrons. The first-order valence-electron chi connectivity index (χ1n) is 9.47. The molecule has 2 aromatic carbocycles. The summed E-state index contributed by atoms with van der Waals surface area (Å²) in [6.45, 7) is 1.64. The third-order valence-electron chi connectivity index (χ3n) is 4.52. The number of nitrogens with zero attached hydrogens (tertiary/aromatic N) is 4. The van der Waals surface area contributed by atoms with Crippen LogP contribution in [0.4, 0.5) is 5.69 Å². The molecule has 0 fully saturated rings. The Bertz CT molecular complexity index is 1410. The molecule has 0 saturated carbocycles. The van der Waals surface area contributed by atoms with Gasteiger partial charge >= 0.3 is 0 Å². The van der Waals surface area contributed by atoms with E-state index in [1.807, 2.05) is 19.0 Å². The summed E-state index contributed by atoms with van der Waals surface area (Å²) in [6.07, 6.45) is 2.95. The fourth-order valence-electron chi connectivity index (χ4n) is 2.72. The Morgan fingerprint density at radius 1 is 1.03 bits per heavy atom. The summed E-state index contributed by atoms with van der Waals surface area (Å²) in [7, 11) is -4.98. The highest BCUT2D eigenvalue weighted by Gasteiger charge is 2.25. The van der Waals surface area contributed by atoms with Gasteiger partial charge in [-0.3, -0.25) is 4.57 Å². The lowest BCUT2D eigenvalue weighted by atomic mass is 10.2. The molecule has 0 bridgehead atoms. The maximum atomic E-state index is 13.1. The molecule has 0 radical (unpaired) electrons. The van der Waals surface area contributed by atoms with E-state index < -0.39 is 26.0 Å². The molecule has 0 atom stereocenters. The van der Waals surface area contributed by atoms with Crippen LogP contribution in [0.2, 0.25) is 5.02 Å². The molecule has 3 aromatic rings. The molecule has 1 aromatic heterocycles. The molecule has 3 rings (SSSR count). The summed E-state index contributed by atoms with van der Waals surface area (Å²) in [4.78, 5) is 1.59. The highest BCUT2D eigenvalue weighted by atomic mass is 35.5. The number of thiol groups is 1. The summed E-state index contributed by atoms with van der Waals surface area (Å²) >= 11 is 10.3. The SMILES string of the molecule is Cc1cc(S(=O)(=O)/N=C(\[N-]S(=O)(=O)c2ccccc2)[n+]2ccc(N(C)C)cc2)c(S)cc1Cl. The molecule has 12 heteroatoms. The van der Waals surface area contributed by atoms with Crippen molar-refractivity contribution in [3.8, 4) is 0 Å². The van der Waals surface area contributed by atoms with E-state index in [1.165, 1.54) is 41.2 Å². The highest BCUT2D eigenvalue weighted by molar-refractivity contribution is 7.95. The number of rotatable bonds is 5. The minimum atomic E-state index is -4.40.